The van der Waals surface area contributed by atoms with Crippen LogP contribution in [0.3, 0.4) is 0 Å². The molecule has 0 aromatic carbocycles. The molecule has 0 bridgehead atoms. The molecule has 2 aliphatic rings. The Morgan fingerprint density at radius 2 is 2.26 bits per heavy atom. The van der Waals surface area contributed by atoms with E-state index in [2.05, 4.69) is 21.3 Å². The van der Waals surface area contributed by atoms with Crippen molar-refractivity contribution in [2.45, 2.75) is 37.8 Å². The van der Waals surface area contributed by atoms with Gasteiger partial charge in [-0.05, 0) is 11.6 Å². The lowest BCUT2D eigenvalue weighted by Crippen LogP contribution is -2.43. The predicted molar refractivity (Wildman–Crippen MR) is 78.7 cm³/mol. The molecule has 2 aliphatic carbocycles. The van der Waals surface area contributed by atoms with Gasteiger partial charge in [-0.25, -0.2) is 22.9 Å². The first-order valence-electron chi connectivity index (χ1n) is 7.08. The van der Waals surface area contributed by atoms with Crippen molar-refractivity contribution >= 4 is 6.03 Å². The van der Waals surface area contributed by atoms with E-state index in [1.807, 2.05) is 0 Å². The van der Waals surface area contributed by atoms with Crippen molar-refractivity contribution in [1.29, 1.82) is 0 Å². The number of carbonyl (C=O) groups excluding carboxylic acids is 1. The number of rotatable bonds is 5. The summed E-state index contributed by atoms with van der Waals surface area (Å²) in [4.78, 5) is 15.5. The lowest BCUT2D eigenvalue weighted by atomic mass is 9.91. The van der Waals surface area contributed by atoms with Crippen LogP contribution in [0.4, 0.5) is 18.0 Å². The SMILES string of the molecule is O=C(NCc1ccnc(OC2CC(F)(F)C2)c1)NC1=C=C(F)C1.[HH].[HH]. The molecule has 0 radical (unpaired) electrons. The Hall–Kier alpha value is -2.47. The molecule has 0 spiro atoms. The molecule has 0 atom stereocenters. The average Bonchev–Trinajstić information content (AvgIpc) is 2.42. The van der Waals surface area contributed by atoms with Crippen LogP contribution in [0.15, 0.2) is 35.6 Å². The van der Waals surface area contributed by atoms with Gasteiger partial charge in [0, 0.05) is 34.5 Å². The molecule has 2 amide bonds. The van der Waals surface area contributed by atoms with E-state index >= 15 is 0 Å². The van der Waals surface area contributed by atoms with Gasteiger partial charge in [0.25, 0.3) is 5.92 Å². The van der Waals surface area contributed by atoms with Crippen LogP contribution in [0.1, 0.15) is 27.7 Å². The van der Waals surface area contributed by atoms with Crippen LogP contribution in [-0.4, -0.2) is 23.0 Å². The number of nitrogens with one attached hydrogen (secondary N) is 2. The number of nitrogens with zero attached hydrogens (tertiary/aromatic N) is 1. The Bertz CT molecular complexity index is 701. The van der Waals surface area contributed by atoms with Crippen molar-refractivity contribution in [2.24, 2.45) is 0 Å². The lowest BCUT2D eigenvalue weighted by molar-refractivity contribution is -0.135. The zero-order chi connectivity index (χ0) is 16.4. The fourth-order valence-electron chi connectivity index (χ4n) is 2.22. The third kappa shape index (κ3) is 4.04. The monoisotopic (exact) mass is 329 g/mol. The number of alkyl halides is 2. The van der Waals surface area contributed by atoms with Crippen molar-refractivity contribution in [3.8, 4) is 5.88 Å². The molecule has 5 nitrogen and oxygen atoms in total. The molecule has 23 heavy (non-hydrogen) atoms. The zero-order valence-corrected chi connectivity index (χ0v) is 12.0. The van der Waals surface area contributed by atoms with Crippen LogP contribution < -0.4 is 15.4 Å². The van der Waals surface area contributed by atoms with Gasteiger partial charge in [0.15, 0.2) is 5.83 Å². The van der Waals surface area contributed by atoms with E-state index in [0.29, 0.717) is 11.3 Å². The third-order valence-electron chi connectivity index (χ3n) is 3.48. The van der Waals surface area contributed by atoms with E-state index in [1.54, 1.807) is 12.1 Å². The summed E-state index contributed by atoms with van der Waals surface area (Å²) in [5.41, 5.74) is 3.43. The quantitative estimate of drug-likeness (QED) is 0.815. The van der Waals surface area contributed by atoms with E-state index in [9.17, 15) is 18.0 Å². The van der Waals surface area contributed by atoms with Crippen LogP contribution >= 0.6 is 0 Å². The minimum absolute atomic E-state index is 0. The Kier molecular flexibility index (Phi) is 4.00. The van der Waals surface area contributed by atoms with Crippen molar-refractivity contribution in [3.63, 3.8) is 0 Å². The number of halogens is 3. The van der Waals surface area contributed by atoms with Gasteiger partial charge in [-0.2, -0.15) is 0 Å². The van der Waals surface area contributed by atoms with E-state index in [-0.39, 0.29) is 34.5 Å². The number of ether oxygens (including phenoxy) is 1. The number of carbonyl (C=O) groups is 1. The number of hydrogen-bond acceptors (Lipinski definition) is 3. The second-order valence-electron chi connectivity index (χ2n) is 5.50. The molecule has 2 N–H and O–H groups in total. The fourth-order valence-corrected chi connectivity index (χ4v) is 2.22. The number of urea groups is 1. The van der Waals surface area contributed by atoms with E-state index < -0.39 is 23.9 Å². The molecular formula is C15H18F3N3O2. The Balaban J connectivity index is 0.00000156. The van der Waals surface area contributed by atoms with Crippen molar-refractivity contribution in [1.82, 2.24) is 15.6 Å². The molecule has 126 valence electrons. The Labute approximate surface area is 133 Å². The maximum Gasteiger partial charge on any atom is 0.319 e. The van der Waals surface area contributed by atoms with Gasteiger partial charge >= 0.3 is 6.03 Å². The zero-order valence-electron chi connectivity index (χ0n) is 12.0. The second-order valence-corrected chi connectivity index (χ2v) is 5.50. The van der Waals surface area contributed by atoms with Crippen molar-refractivity contribution in [2.75, 3.05) is 0 Å². The minimum Gasteiger partial charge on any atom is -0.474 e. The van der Waals surface area contributed by atoms with Gasteiger partial charge < -0.3 is 15.4 Å². The van der Waals surface area contributed by atoms with Gasteiger partial charge in [-0.1, -0.05) is 5.73 Å². The second kappa shape index (κ2) is 5.96. The van der Waals surface area contributed by atoms with Crippen molar-refractivity contribution < 1.29 is 25.6 Å². The number of hydrogen-bond donors (Lipinski definition) is 2. The van der Waals surface area contributed by atoms with Gasteiger partial charge in [0.2, 0.25) is 5.88 Å². The normalized spacial score (nSPS) is 18.9. The highest BCUT2D eigenvalue weighted by Crippen LogP contribution is 2.39. The Morgan fingerprint density at radius 3 is 2.91 bits per heavy atom. The molecule has 1 aromatic rings. The summed E-state index contributed by atoms with van der Waals surface area (Å²) >= 11 is 0. The van der Waals surface area contributed by atoms with Crippen LogP contribution in [-0.2, 0) is 6.54 Å². The Morgan fingerprint density at radius 1 is 1.52 bits per heavy atom. The minimum atomic E-state index is -2.65. The highest BCUT2D eigenvalue weighted by Gasteiger charge is 2.47. The summed E-state index contributed by atoms with van der Waals surface area (Å²) < 4.78 is 43.3. The molecule has 1 aromatic heterocycles. The van der Waals surface area contributed by atoms with Gasteiger partial charge in [0.05, 0.1) is 12.1 Å². The standard InChI is InChI=1S/C15H14F3N3O2.2H2/c16-10-4-11(5-10)21-14(22)20-8-9-1-2-19-13(3-9)23-12-6-15(17,18)7-12;;/h1-3,12H,4,6-8H2,(H2,20,21,22);2*1H. The summed E-state index contributed by atoms with van der Waals surface area (Å²) in [5, 5.41) is 5.04. The molecule has 1 heterocycles. The molecule has 0 saturated heterocycles. The predicted octanol–water partition coefficient (Wildman–Crippen LogP) is 3.29. The number of aromatic nitrogens is 1. The number of amides is 2. The summed E-state index contributed by atoms with van der Waals surface area (Å²) in [5.74, 6) is -2.79. The molecular weight excluding hydrogens is 311 g/mol. The van der Waals surface area contributed by atoms with Crippen LogP contribution in [0.5, 0.6) is 5.88 Å². The van der Waals surface area contributed by atoms with Crippen LogP contribution in [0.2, 0.25) is 0 Å². The fraction of sp³-hybridized carbons (Fsp3) is 0.400. The summed E-state index contributed by atoms with van der Waals surface area (Å²) in [7, 11) is 0. The van der Waals surface area contributed by atoms with E-state index in [1.165, 1.54) is 6.20 Å². The van der Waals surface area contributed by atoms with Crippen LogP contribution in [0, 0.1) is 0 Å². The van der Waals surface area contributed by atoms with Crippen LogP contribution in [0.25, 0.3) is 0 Å². The average molecular weight is 329 g/mol. The number of pyridine rings is 1. The summed E-state index contributed by atoms with van der Waals surface area (Å²) in [6.45, 7) is 0.199. The van der Waals surface area contributed by atoms with Crippen molar-refractivity contribution in [3.05, 3.63) is 41.1 Å². The molecule has 1 saturated carbocycles. The van der Waals surface area contributed by atoms with Gasteiger partial charge in [-0.3, -0.25) is 0 Å². The molecule has 8 heteroatoms. The topological polar surface area (TPSA) is 63.2 Å². The smallest absolute Gasteiger partial charge is 0.319 e. The first kappa shape index (κ1) is 15.4. The maximum atomic E-state index is 12.8. The maximum absolute atomic E-state index is 12.8. The first-order chi connectivity index (χ1) is 10.9. The third-order valence-corrected chi connectivity index (χ3v) is 3.48. The summed E-state index contributed by atoms with van der Waals surface area (Å²) in [6, 6.07) is 2.78. The highest BCUT2D eigenvalue weighted by atomic mass is 19.3. The van der Waals surface area contributed by atoms with Gasteiger partial charge in [0.1, 0.15) is 6.10 Å². The molecule has 0 aliphatic heterocycles. The molecule has 1 fully saturated rings. The molecule has 0 unspecified atom stereocenters. The highest BCUT2D eigenvalue weighted by molar-refractivity contribution is 5.76. The van der Waals surface area contributed by atoms with E-state index in [0.717, 1.165) is 0 Å². The molecule has 3 rings (SSSR count). The largest absolute Gasteiger partial charge is 0.474 e. The first-order valence-corrected chi connectivity index (χ1v) is 7.08. The lowest BCUT2D eigenvalue weighted by Gasteiger charge is -2.34. The summed E-state index contributed by atoms with van der Waals surface area (Å²) in [6.07, 6.45) is 0.411. The van der Waals surface area contributed by atoms with E-state index in [4.69, 9.17) is 4.74 Å². The van der Waals surface area contributed by atoms with Gasteiger partial charge in [-0.15, -0.1) is 0 Å².